The summed E-state index contributed by atoms with van der Waals surface area (Å²) in [4.78, 5) is 12.8. The van der Waals surface area contributed by atoms with Crippen LogP contribution < -0.4 is 4.31 Å². The lowest BCUT2D eigenvalue weighted by Crippen LogP contribution is -2.22. The van der Waals surface area contributed by atoms with Crippen LogP contribution in [0.3, 0.4) is 0 Å². The summed E-state index contributed by atoms with van der Waals surface area (Å²) in [7, 11) is 1.98. The van der Waals surface area contributed by atoms with Gasteiger partial charge in [0.15, 0.2) is 12.1 Å². The largest absolute Gasteiger partial charge is 0.353 e. The van der Waals surface area contributed by atoms with Crippen LogP contribution in [0.2, 0.25) is 0 Å². The van der Waals surface area contributed by atoms with Gasteiger partial charge < -0.3 is 13.8 Å². The molecule has 21 heavy (non-hydrogen) atoms. The average molecular weight is 323 g/mol. The van der Waals surface area contributed by atoms with Crippen molar-refractivity contribution in [3.05, 3.63) is 16.5 Å². The highest BCUT2D eigenvalue weighted by atomic mass is 32.2. The number of nitrogens with zero attached hydrogens (tertiary/aromatic N) is 1. The van der Waals surface area contributed by atoms with Crippen molar-refractivity contribution in [2.75, 3.05) is 30.3 Å². The van der Waals surface area contributed by atoms with Crippen LogP contribution in [-0.2, 0) is 9.47 Å². The molecule has 2 aliphatic rings. The number of ether oxygens (including phenoxy) is 2. The Bertz CT molecular complexity index is 581. The van der Waals surface area contributed by atoms with Gasteiger partial charge in [-0.05, 0) is 37.3 Å². The molecular formula is C15H17NO3S2. The van der Waals surface area contributed by atoms with Gasteiger partial charge in [-0.2, -0.15) is 0 Å². The fraction of sp³-hybridized carbons (Fsp3) is 0.533. The highest BCUT2D eigenvalue weighted by Gasteiger charge is 2.24. The van der Waals surface area contributed by atoms with E-state index in [0.29, 0.717) is 12.4 Å². The van der Waals surface area contributed by atoms with E-state index in [2.05, 4.69) is 11.8 Å². The summed E-state index contributed by atoms with van der Waals surface area (Å²) in [6.07, 6.45) is 3.12. The number of hydrogen-bond donors (Lipinski definition) is 0. The van der Waals surface area contributed by atoms with Gasteiger partial charge >= 0.3 is 0 Å². The van der Waals surface area contributed by atoms with Crippen LogP contribution in [0.4, 0.5) is 5.00 Å². The van der Waals surface area contributed by atoms with Gasteiger partial charge in [0.2, 0.25) is 0 Å². The molecular weight excluding hydrogens is 306 g/mol. The second-order valence-electron chi connectivity index (χ2n) is 4.93. The van der Waals surface area contributed by atoms with Gasteiger partial charge in [0.25, 0.3) is 0 Å². The minimum Gasteiger partial charge on any atom is -0.353 e. The van der Waals surface area contributed by atoms with E-state index < -0.39 is 0 Å². The Morgan fingerprint density at radius 2 is 2.43 bits per heavy atom. The topological polar surface area (TPSA) is 38.8 Å². The predicted molar refractivity (Wildman–Crippen MR) is 85.9 cm³/mol. The molecule has 1 aromatic heterocycles. The lowest BCUT2D eigenvalue weighted by Gasteiger charge is -2.21. The molecule has 0 aromatic carbocycles. The Hall–Kier alpha value is -1.00. The number of carbonyl (C=O) groups is 1. The first-order valence-electron chi connectivity index (χ1n) is 7.00. The molecule has 4 nitrogen and oxygen atoms in total. The van der Waals surface area contributed by atoms with Gasteiger partial charge in [0.05, 0.1) is 16.2 Å². The predicted octanol–water partition coefficient (Wildman–Crippen LogP) is 2.92. The maximum atomic E-state index is 11.9. The van der Waals surface area contributed by atoms with E-state index >= 15 is 0 Å². The van der Waals surface area contributed by atoms with E-state index in [1.165, 1.54) is 11.9 Å². The number of anilines is 1. The molecule has 0 aliphatic carbocycles. The van der Waals surface area contributed by atoms with Crippen molar-refractivity contribution in [3.8, 4) is 11.8 Å². The van der Waals surface area contributed by atoms with Gasteiger partial charge in [0.1, 0.15) is 11.6 Å². The van der Waals surface area contributed by atoms with Crippen molar-refractivity contribution in [2.24, 2.45) is 0 Å². The van der Waals surface area contributed by atoms with Crippen LogP contribution in [0, 0.1) is 11.8 Å². The molecule has 0 radical (unpaired) electrons. The molecule has 112 valence electrons. The molecule has 0 bridgehead atoms. The van der Waals surface area contributed by atoms with E-state index in [1.807, 2.05) is 17.4 Å². The Kier molecular flexibility index (Phi) is 4.86. The van der Waals surface area contributed by atoms with Crippen LogP contribution in [-0.4, -0.2) is 38.1 Å². The normalized spacial score (nSPS) is 21.7. The molecule has 3 heterocycles. The summed E-state index contributed by atoms with van der Waals surface area (Å²) in [5.41, 5.74) is 0.794. The van der Waals surface area contributed by atoms with Crippen LogP contribution >= 0.6 is 23.3 Å². The van der Waals surface area contributed by atoms with Crippen LogP contribution in [0.25, 0.3) is 0 Å². The van der Waals surface area contributed by atoms with Crippen molar-refractivity contribution in [1.29, 1.82) is 0 Å². The first-order chi connectivity index (χ1) is 10.2. The van der Waals surface area contributed by atoms with Crippen molar-refractivity contribution in [2.45, 2.75) is 25.6 Å². The number of rotatable bonds is 2. The van der Waals surface area contributed by atoms with Gasteiger partial charge in [0, 0.05) is 13.7 Å². The van der Waals surface area contributed by atoms with E-state index in [9.17, 15) is 4.79 Å². The summed E-state index contributed by atoms with van der Waals surface area (Å²) < 4.78 is 13.1. The first-order valence-corrected chi connectivity index (χ1v) is 8.75. The molecule has 2 aliphatic heterocycles. The number of carbonyl (C=O) groups excluding carboxylic acids is 1. The number of ketones is 1. The third kappa shape index (κ3) is 3.61. The molecule has 6 heteroatoms. The standard InChI is InChI=1S/C15H17NO3S2/c1-16-15-12(13(17)10-20-16)9-11(21-15)5-4-8-19-14-6-2-3-7-18-14/h9,14H,2-3,6-8,10H2,1H3. The molecule has 1 atom stereocenters. The second-order valence-corrected chi connectivity index (χ2v) is 7.06. The number of fused-ring (bicyclic) bond motifs is 1. The van der Waals surface area contributed by atoms with E-state index in [-0.39, 0.29) is 12.1 Å². The minimum atomic E-state index is -0.103. The van der Waals surface area contributed by atoms with Gasteiger partial charge in [-0.3, -0.25) is 4.79 Å². The smallest absolute Gasteiger partial charge is 0.177 e. The lowest BCUT2D eigenvalue weighted by molar-refractivity contribution is -0.154. The SMILES string of the molecule is CN1SCC(=O)c2cc(C#CCOC3CCCCO3)sc21. The zero-order valence-corrected chi connectivity index (χ0v) is 13.5. The maximum absolute atomic E-state index is 11.9. The summed E-state index contributed by atoms with van der Waals surface area (Å²) >= 11 is 3.09. The van der Waals surface area contributed by atoms with Crippen molar-refractivity contribution in [1.82, 2.24) is 0 Å². The fourth-order valence-corrected chi connectivity index (χ4v) is 4.14. The molecule has 1 aromatic rings. The number of thiophene rings is 1. The average Bonchev–Trinajstić information content (AvgIpc) is 2.94. The van der Waals surface area contributed by atoms with Crippen molar-refractivity contribution >= 4 is 34.1 Å². The molecule has 1 saturated heterocycles. The van der Waals surface area contributed by atoms with E-state index in [4.69, 9.17) is 9.47 Å². The summed E-state index contributed by atoms with van der Waals surface area (Å²) in [5.74, 6) is 6.79. The summed E-state index contributed by atoms with van der Waals surface area (Å²) in [6, 6.07) is 1.89. The highest BCUT2D eigenvalue weighted by molar-refractivity contribution is 8.01. The second kappa shape index (κ2) is 6.84. The maximum Gasteiger partial charge on any atom is 0.177 e. The van der Waals surface area contributed by atoms with Crippen LogP contribution in [0.5, 0.6) is 0 Å². The lowest BCUT2D eigenvalue weighted by atomic mass is 10.2. The monoisotopic (exact) mass is 323 g/mol. The Labute approximate surface area is 132 Å². The van der Waals surface area contributed by atoms with E-state index in [1.54, 1.807) is 11.3 Å². The summed E-state index contributed by atoms with van der Waals surface area (Å²) in [5, 5.41) is 0.997. The molecule has 0 N–H and O–H groups in total. The third-order valence-corrected chi connectivity index (χ3v) is 5.58. The quantitative estimate of drug-likeness (QED) is 0.618. The van der Waals surface area contributed by atoms with Crippen molar-refractivity contribution < 1.29 is 14.3 Å². The molecule has 3 rings (SSSR count). The van der Waals surface area contributed by atoms with Crippen molar-refractivity contribution in [3.63, 3.8) is 0 Å². The minimum absolute atomic E-state index is 0.103. The summed E-state index contributed by atoms with van der Waals surface area (Å²) in [6.45, 7) is 1.15. The fourth-order valence-electron chi connectivity index (χ4n) is 2.27. The zero-order valence-electron chi connectivity index (χ0n) is 11.9. The highest BCUT2D eigenvalue weighted by Crippen LogP contribution is 2.38. The molecule has 0 amide bonds. The zero-order chi connectivity index (χ0) is 14.7. The first kappa shape index (κ1) is 14.9. The Balaban J connectivity index is 1.59. The number of hydrogen-bond acceptors (Lipinski definition) is 6. The molecule has 0 spiro atoms. The number of Topliss-reactive ketones (excluding diaryl/α,β-unsaturated/α-hetero) is 1. The molecule has 1 unspecified atom stereocenters. The van der Waals surface area contributed by atoms with E-state index in [0.717, 1.165) is 41.3 Å². The molecule has 0 saturated carbocycles. The van der Waals surface area contributed by atoms with Gasteiger partial charge in [-0.1, -0.05) is 11.8 Å². The third-order valence-electron chi connectivity index (χ3n) is 3.38. The van der Waals surface area contributed by atoms with Gasteiger partial charge in [-0.25, -0.2) is 0 Å². The van der Waals surface area contributed by atoms with Crippen LogP contribution in [0.15, 0.2) is 6.07 Å². The Morgan fingerprint density at radius 1 is 1.52 bits per heavy atom. The van der Waals surface area contributed by atoms with Crippen LogP contribution in [0.1, 0.15) is 34.5 Å². The van der Waals surface area contributed by atoms with Gasteiger partial charge in [-0.15, -0.1) is 11.3 Å². The molecule has 1 fully saturated rings. The Morgan fingerprint density at radius 3 is 3.19 bits per heavy atom.